The van der Waals surface area contributed by atoms with Gasteiger partial charge in [0.15, 0.2) is 35.6 Å². The number of carboxylic acid groups (broad SMARTS) is 1. The maximum atomic E-state index is 11.8. The average Bonchev–Trinajstić information content (AvgIpc) is 3.36. The van der Waals surface area contributed by atoms with Gasteiger partial charge in [0.05, 0.1) is 30.3 Å². The van der Waals surface area contributed by atoms with Gasteiger partial charge in [-0.2, -0.15) is 0 Å². The Hall–Kier alpha value is -3.61. The second kappa shape index (κ2) is 16.2. The number of carbonyl (C=O) groups excluding carboxylic acids is 1. The van der Waals surface area contributed by atoms with Crippen LogP contribution < -0.4 is 44.1 Å². The molecular formula is C41H47NaO15. The molecule has 15 nitrogen and oxygen atoms in total. The van der Waals surface area contributed by atoms with Gasteiger partial charge in [-0.05, 0) is 54.0 Å². The molecule has 0 saturated heterocycles. The minimum atomic E-state index is -1.90. The molecule has 0 amide bonds. The zero-order chi connectivity index (χ0) is 40.7. The minimum Gasteiger partial charge on any atom is -0.548 e. The third-order valence-electron chi connectivity index (χ3n) is 10.9. The normalized spacial score (nSPS) is 24.1. The molecule has 57 heavy (non-hydrogen) atoms. The van der Waals surface area contributed by atoms with Crippen molar-refractivity contribution in [2.75, 3.05) is 20.3 Å². The summed E-state index contributed by atoms with van der Waals surface area (Å²) in [6, 6.07) is 3.62. The number of carboxylic acids is 1. The van der Waals surface area contributed by atoms with Crippen molar-refractivity contribution in [1.82, 2.24) is 0 Å². The molecule has 0 radical (unpaired) electrons. The van der Waals surface area contributed by atoms with Gasteiger partial charge in [0, 0.05) is 40.1 Å². The number of aliphatic hydroxyl groups is 2. The first-order valence-corrected chi connectivity index (χ1v) is 18.6. The maximum absolute atomic E-state index is 11.8. The minimum absolute atomic E-state index is 0. The van der Waals surface area contributed by atoms with Gasteiger partial charge < -0.3 is 73.7 Å². The second-order valence-electron chi connectivity index (χ2n) is 15.2. The van der Waals surface area contributed by atoms with E-state index in [1.54, 1.807) is 13.0 Å². The number of rotatable bonds is 8. The van der Waals surface area contributed by atoms with E-state index >= 15 is 0 Å². The zero-order valence-corrected chi connectivity index (χ0v) is 35.3. The molecule has 0 spiro atoms. The molecule has 3 heterocycles. The monoisotopic (exact) mass is 802 g/mol. The van der Waals surface area contributed by atoms with Crippen LogP contribution in [0.15, 0.2) is 12.1 Å². The summed E-state index contributed by atoms with van der Waals surface area (Å²) < 4.78 is 43.9. The number of benzene rings is 4. The molecule has 4 bridgehead atoms. The Morgan fingerprint density at radius 3 is 1.63 bits per heavy atom. The van der Waals surface area contributed by atoms with Crippen LogP contribution in [0, 0.1) is 13.8 Å². The molecule has 0 aromatic heterocycles. The summed E-state index contributed by atoms with van der Waals surface area (Å²) >= 11 is 0. The van der Waals surface area contributed by atoms with Gasteiger partial charge in [-0.15, -0.1) is 0 Å². The Morgan fingerprint density at radius 2 is 1.21 bits per heavy atom. The molecule has 302 valence electrons. The number of fused-ring (bicyclic) bond motifs is 3. The summed E-state index contributed by atoms with van der Waals surface area (Å²) in [5.41, 5.74) is 2.48. The van der Waals surface area contributed by atoms with Crippen molar-refractivity contribution < 1.29 is 103 Å². The molecule has 16 heteroatoms. The van der Waals surface area contributed by atoms with Crippen LogP contribution in [-0.2, 0) is 28.5 Å². The van der Waals surface area contributed by atoms with Crippen LogP contribution in [0.3, 0.4) is 0 Å². The first-order valence-electron chi connectivity index (χ1n) is 18.6. The predicted octanol–water partition coefficient (Wildman–Crippen LogP) is 1.76. The fourth-order valence-electron chi connectivity index (χ4n) is 8.51. The number of phenolic OH excluding ortho intramolecular Hbond substituents is 4. The Morgan fingerprint density at radius 1 is 0.754 bits per heavy atom. The van der Waals surface area contributed by atoms with Crippen LogP contribution in [-0.4, -0.2) is 87.8 Å². The van der Waals surface area contributed by atoms with E-state index < -0.39 is 85.7 Å². The summed E-state index contributed by atoms with van der Waals surface area (Å²) in [6.45, 7) is 11.6. The van der Waals surface area contributed by atoms with E-state index in [0.29, 0.717) is 44.2 Å². The van der Waals surface area contributed by atoms with Gasteiger partial charge in [-0.3, -0.25) is 0 Å². The predicted molar refractivity (Wildman–Crippen MR) is 198 cm³/mol. The summed E-state index contributed by atoms with van der Waals surface area (Å²) in [5, 5.41) is 82.4. The van der Waals surface area contributed by atoms with Gasteiger partial charge in [0.2, 0.25) is 12.6 Å². The average molecular weight is 803 g/mol. The second-order valence-corrected chi connectivity index (χ2v) is 15.2. The number of aliphatic hydroxyl groups excluding tert-OH is 2. The van der Waals surface area contributed by atoms with E-state index in [1.165, 1.54) is 7.11 Å². The number of aliphatic carboxylic acids is 1. The molecule has 3 aliphatic rings. The van der Waals surface area contributed by atoms with E-state index in [9.17, 15) is 40.5 Å². The zero-order valence-electron chi connectivity index (χ0n) is 33.3. The van der Waals surface area contributed by atoms with Gasteiger partial charge >= 0.3 is 29.6 Å². The van der Waals surface area contributed by atoms with Crippen LogP contribution in [0.25, 0.3) is 32.7 Å². The van der Waals surface area contributed by atoms with Crippen LogP contribution in [0.1, 0.15) is 98.8 Å². The van der Waals surface area contributed by atoms with E-state index in [1.807, 2.05) is 47.6 Å². The molecule has 4 aromatic rings. The Kier molecular flexibility index (Phi) is 12.2. The Labute approximate surface area is 350 Å². The third kappa shape index (κ3) is 6.95. The number of hydrogen-bond acceptors (Lipinski definition) is 15. The van der Waals surface area contributed by atoms with E-state index in [2.05, 4.69) is 0 Å². The summed E-state index contributed by atoms with van der Waals surface area (Å²) in [5.74, 6) is -4.00. The summed E-state index contributed by atoms with van der Waals surface area (Å²) in [4.78, 5) is 11.4. The molecule has 5 unspecified atom stereocenters. The first-order chi connectivity index (χ1) is 26.5. The topological polar surface area (TPSA) is 226 Å². The van der Waals surface area contributed by atoms with Gasteiger partial charge in [0.1, 0.15) is 29.8 Å². The molecule has 0 saturated carbocycles. The number of ether oxygens (including phenoxy) is 7. The van der Waals surface area contributed by atoms with E-state index in [4.69, 9.17) is 33.2 Å². The van der Waals surface area contributed by atoms with Crippen molar-refractivity contribution >= 4 is 27.5 Å². The number of phenols is 4. The van der Waals surface area contributed by atoms with E-state index in [0.717, 1.165) is 0 Å². The fourth-order valence-corrected chi connectivity index (χ4v) is 8.51. The van der Waals surface area contributed by atoms with Crippen molar-refractivity contribution in [3.8, 4) is 45.6 Å². The number of aromatic hydroxyl groups is 4. The van der Waals surface area contributed by atoms with Crippen molar-refractivity contribution in [2.24, 2.45) is 0 Å². The van der Waals surface area contributed by atoms with Gasteiger partial charge in [-0.25, -0.2) is 0 Å². The van der Waals surface area contributed by atoms with E-state index in [-0.39, 0.29) is 81.2 Å². The van der Waals surface area contributed by atoms with Crippen molar-refractivity contribution in [3.63, 3.8) is 0 Å². The van der Waals surface area contributed by atoms with Crippen molar-refractivity contribution in [2.45, 2.75) is 110 Å². The third-order valence-corrected chi connectivity index (χ3v) is 10.9. The molecule has 4 aromatic carbocycles. The molecular weight excluding hydrogens is 755 g/mol. The molecule has 7 rings (SSSR count). The molecule has 3 aliphatic heterocycles. The number of methoxy groups -OCH3 is 1. The number of aryl methyl sites for hydroxylation is 2. The van der Waals surface area contributed by atoms with Crippen LogP contribution >= 0.6 is 0 Å². The molecule has 7 atom stereocenters. The number of hydrogen-bond donors (Lipinski definition) is 6. The number of carbonyl (C=O) groups is 1. The van der Waals surface area contributed by atoms with Gasteiger partial charge in [0.25, 0.3) is 0 Å². The Bertz CT molecular complexity index is 2240. The summed E-state index contributed by atoms with van der Waals surface area (Å²) in [6.07, 6.45) is -10.1. The molecule has 0 aliphatic carbocycles. The molecule has 6 N–H and O–H groups in total. The quantitative estimate of drug-likeness (QED) is 0.110. The van der Waals surface area contributed by atoms with Crippen LogP contribution in [0.5, 0.6) is 34.5 Å². The standard InChI is InChI=1S/C41H48O15.Na/c1-9-20-40-53-36-25(16(6)10-18-23(14(2)3)31(44)33(46)29(27(18)36)38(48)55-40)26-17(7)11-19-24(15(4)5)32(45)34(47)30-28(19)37(26)54-41(56-39(30)49)35(50-8)21(52-20)12-51-13-22(42)43;/h10-11,14-15,20-21,35,38-41,44-49H,9,12-13H2,1-8H3,(H,42,43);/q;+1/p-1/t20-,21?,35+,38?,39?,40?,41?;/m0./s1. The first kappa shape index (κ1) is 43.0. The SMILES string of the molecule is CC[C@@H]1OC(COCC(=O)[O-])[C@@H](OC)C2Oc3c(c(C)cc4c(C(C)C)c(O)c(O)c(c34)C(O)O2)-c2c(C)cc3c(C(C)C)c(O)c(O)c4c3c2OC1OC4O.[Na+]. The molecule has 0 fully saturated rings. The largest absolute Gasteiger partial charge is 1.00 e. The summed E-state index contributed by atoms with van der Waals surface area (Å²) in [7, 11) is 1.33. The van der Waals surface area contributed by atoms with Crippen molar-refractivity contribution in [3.05, 3.63) is 45.5 Å². The fraction of sp³-hybridized carbons (Fsp3) is 0.488. The van der Waals surface area contributed by atoms with Crippen LogP contribution in [0.2, 0.25) is 0 Å². The van der Waals surface area contributed by atoms with Crippen molar-refractivity contribution in [1.29, 1.82) is 0 Å². The smallest absolute Gasteiger partial charge is 0.548 e. The maximum Gasteiger partial charge on any atom is 1.00 e. The Balaban J connectivity index is 0.00000549. The van der Waals surface area contributed by atoms with Crippen LogP contribution in [0.4, 0.5) is 0 Å². The van der Waals surface area contributed by atoms with Gasteiger partial charge in [-0.1, -0.05) is 46.8 Å².